The van der Waals surface area contributed by atoms with Crippen LogP contribution in [0.4, 0.5) is 5.69 Å². The topological polar surface area (TPSA) is 104 Å². The number of nitrogens with one attached hydrogen (secondary N) is 2. The van der Waals surface area contributed by atoms with Crippen molar-refractivity contribution in [1.82, 2.24) is 15.2 Å². The number of β-amino-alcohol motifs (C(OH)–C–C–N with tert-alkyl or cyclic N) is 1. The molecule has 1 saturated carbocycles. The first-order valence-electron chi connectivity index (χ1n) is 10.7. The van der Waals surface area contributed by atoms with Crippen LogP contribution >= 0.6 is 0 Å². The molecule has 2 aromatic rings. The third-order valence-corrected chi connectivity index (χ3v) is 6.36. The molecule has 0 bridgehead atoms. The molecule has 1 fully saturated rings. The summed E-state index contributed by atoms with van der Waals surface area (Å²) in [6, 6.07) is 9.48. The quantitative estimate of drug-likeness (QED) is 0.675. The number of carbonyl (C=O) groups is 2. The molecule has 162 valence electrons. The van der Waals surface area contributed by atoms with E-state index in [0.717, 1.165) is 19.5 Å². The van der Waals surface area contributed by atoms with Gasteiger partial charge in [-0.2, -0.15) is 0 Å². The molecule has 3 aliphatic rings. The molecule has 1 aromatic carbocycles. The molecule has 5 rings (SSSR count). The lowest BCUT2D eigenvalue weighted by Gasteiger charge is -2.32. The van der Waals surface area contributed by atoms with Gasteiger partial charge in [0.2, 0.25) is 5.88 Å². The Morgan fingerprint density at radius 1 is 1.35 bits per heavy atom. The minimum absolute atomic E-state index is 0.189. The number of hydrogen-bond acceptors (Lipinski definition) is 6. The highest BCUT2D eigenvalue weighted by Crippen LogP contribution is 2.45. The van der Waals surface area contributed by atoms with E-state index in [2.05, 4.69) is 38.7 Å². The van der Waals surface area contributed by atoms with Crippen LogP contribution in [0, 0.1) is 0 Å². The third kappa shape index (κ3) is 3.88. The van der Waals surface area contributed by atoms with Crippen LogP contribution in [0.2, 0.25) is 0 Å². The van der Waals surface area contributed by atoms with Crippen LogP contribution in [0.15, 0.2) is 36.5 Å². The second-order valence-electron chi connectivity index (χ2n) is 8.71. The van der Waals surface area contributed by atoms with E-state index in [1.54, 1.807) is 13.0 Å². The molecule has 1 spiro atoms. The first kappa shape index (κ1) is 20.0. The largest absolute Gasteiger partial charge is 0.459 e. The molecular formula is C23H26N4O4. The minimum Gasteiger partial charge on any atom is -0.459 e. The molecule has 1 aromatic heterocycles. The molecule has 3 N–H and O–H groups in total. The molecule has 8 heteroatoms. The number of aliphatic hydroxyl groups is 1. The van der Waals surface area contributed by atoms with Gasteiger partial charge in [0.25, 0.3) is 11.8 Å². The summed E-state index contributed by atoms with van der Waals surface area (Å²) in [5.74, 6) is -0.204. The van der Waals surface area contributed by atoms with Crippen molar-refractivity contribution in [3.8, 4) is 5.88 Å². The lowest BCUT2D eigenvalue weighted by molar-refractivity contribution is -0.125. The zero-order valence-electron chi connectivity index (χ0n) is 17.4. The number of aliphatic hydroxyl groups excluding tert-OH is 1. The molecule has 0 saturated heterocycles. The third-order valence-electron chi connectivity index (χ3n) is 6.36. The summed E-state index contributed by atoms with van der Waals surface area (Å²) < 4.78 is 5.71. The standard InChI is InChI=1S/C23H26N4O4/c1-14(19(28)13-27-9-6-15-4-2-3-5-16(15)12-27)25-20(29)17-10-18-21(24-11-17)31-23(7-8-23)22(30)26-18/h2-5,10-11,14,19,28H,6-9,12-13H2,1H3,(H,25,29)(H,26,30)/t14-,19+/m0/s1. The van der Waals surface area contributed by atoms with Crippen LogP contribution in [-0.2, 0) is 17.8 Å². The molecule has 8 nitrogen and oxygen atoms in total. The van der Waals surface area contributed by atoms with Crippen LogP contribution in [0.5, 0.6) is 5.88 Å². The van der Waals surface area contributed by atoms with Crippen LogP contribution < -0.4 is 15.4 Å². The smallest absolute Gasteiger partial charge is 0.268 e. The van der Waals surface area contributed by atoms with Gasteiger partial charge in [-0.1, -0.05) is 24.3 Å². The van der Waals surface area contributed by atoms with Crippen molar-refractivity contribution in [3.05, 3.63) is 53.2 Å². The number of anilines is 1. The predicted molar refractivity (Wildman–Crippen MR) is 114 cm³/mol. The van der Waals surface area contributed by atoms with Crippen molar-refractivity contribution in [2.24, 2.45) is 0 Å². The van der Waals surface area contributed by atoms with Gasteiger partial charge in [-0.05, 0) is 30.5 Å². The molecule has 0 radical (unpaired) electrons. The highest BCUT2D eigenvalue weighted by Gasteiger charge is 2.55. The second kappa shape index (κ2) is 7.62. The molecule has 31 heavy (non-hydrogen) atoms. The molecular weight excluding hydrogens is 396 g/mol. The van der Waals surface area contributed by atoms with E-state index in [9.17, 15) is 14.7 Å². The Balaban J connectivity index is 1.19. The molecule has 2 aliphatic heterocycles. The van der Waals surface area contributed by atoms with Gasteiger partial charge in [-0.3, -0.25) is 14.5 Å². The summed E-state index contributed by atoms with van der Waals surface area (Å²) in [5.41, 5.74) is 2.58. The monoisotopic (exact) mass is 422 g/mol. The fourth-order valence-electron chi connectivity index (χ4n) is 4.18. The molecule has 2 amide bonds. The zero-order valence-corrected chi connectivity index (χ0v) is 17.4. The first-order chi connectivity index (χ1) is 14.9. The van der Waals surface area contributed by atoms with Gasteiger partial charge in [0.1, 0.15) is 5.69 Å². The van der Waals surface area contributed by atoms with E-state index in [-0.39, 0.29) is 11.8 Å². The number of fused-ring (bicyclic) bond motifs is 2. The highest BCUT2D eigenvalue weighted by atomic mass is 16.5. The number of nitrogens with zero attached hydrogens (tertiary/aromatic N) is 2. The summed E-state index contributed by atoms with van der Waals surface area (Å²) in [5, 5.41) is 16.3. The van der Waals surface area contributed by atoms with Gasteiger partial charge >= 0.3 is 0 Å². The summed E-state index contributed by atoms with van der Waals surface area (Å²) in [6.07, 6.45) is 3.04. The van der Waals surface area contributed by atoms with E-state index in [1.165, 1.54) is 17.3 Å². The number of pyridine rings is 1. The van der Waals surface area contributed by atoms with Crippen LogP contribution in [0.3, 0.4) is 0 Å². The Morgan fingerprint density at radius 3 is 2.90 bits per heavy atom. The zero-order chi connectivity index (χ0) is 21.6. The number of ether oxygens (including phenoxy) is 1. The number of rotatable bonds is 5. The number of hydrogen-bond donors (Lipinski definition) is 3. The molecule has 1 aliphatic carbocycles. The van der Waals surface area contributed by atoms with Gasteiger partial charge in [-0.15, -0.1) is 0 Å². The van der Waals surface area contributed by atoms with Crippen molar-refractivity contribution in [2.75, 3.05) is 18.4 Å². The van der Waals surface area contributed by atoms with Gasteiger partial charge in [0, 0.05) is 38.7 Å². The van der Waals surface area contributed by atoms with Gasteiger partial charge in [0.15, 0.2) is 5.60 Å². The second-order valence-corrected chi connectivity index (χ2v) is 8.71. The lowest BCUT2D eigenvalue weighted by Crippen LogP contribution is -2.47. The fourth-order valence-corrected chi connectivity index (χ4v) is 4.18. The van der Waals surface area contributed by atoms with E-state index in [0.29, 0.717) is 36.5 Å². The van der Waals surface area contributed by atoms with E-state index >= 15 is 0 Å². The average molecular weight is 422 g/mol. The lowest BCUT2D eigenvalue weighted by atomic mass is 9.99. The number of carbonyl (C=O) groups excluding carboxylic acids is 2. The number of benzene rings is 1. The fraction of sp³-hybridized carbons (Fsp3) is 0.435. The van der Waals surface area contributed by atoms with Gasteiger partial charge in [-0.25, -0.2) is 4.98 Å². The van der Waals surface area contributed by atoms with Crippen LogP contribution in [0.1, 0.15) is 41.3 Å². The summed E-state index contributed by atoms with van der Waals surface area (Å²) in [6.45, 7) is 3.94. The van der Waals surface area contributed by atoms with E-state index < -0.39 is 17.7 Å². The minimum atomic E-state index is -0.767. The Labute approximate surface area is 180 Å². The number of amides is 2. The van der Waals surface area contributed by atoms with Crippen LogP contribution in [0.25, 0.3) is 0 Å². The van der Waals surface area contributed by atoms with Crippen molar-refractivity contribution < 1.29 is 19.4 Å². The maximum atomic E-state index is 12.7. The normalized spacial score (nSPS) is 20.6. The van der Waals surface area contributed by atoms with Crippen LogP contribution in [-0.4, -0.2) is 57.6 Å². The van der Waals surface area contributed by atoms with Crippen molar-refractivity contribution in [3.63, 3.8) is 0 Å². The average Bonchev–Trinajstić information content (AvgIpc) is 3.54. The van der Waals surface area contributed by atoms with Crippen molar-refractivity contribution >= 4 is 17.5 Å². The summed E-state index contributed by atoms with van der Waals surface area (Å²) in [4.78, 5) is 31.3. The molecule has 3 heterocycles. The highest BCUT2D eigenvalue weighted by molar-refractivity contribution is 6.03. The van der Waals surface area contributed by atoms with Crippen molar-refractivity contribution in [1.29, 1.82) is 0 Å². The molecule has 2 atom stereocenters. The van der Waals surface area contributed by atoms with E-state index in [4.69, 9.17) is 4.74 Å². The molecule has 0 unspecified atom stereocenters. The number of aromatic nitrogens is 1. The Kier molecular flexibility index (Phi) is 4.91. The first-order valence-corrected chi connectivity index (χ1v) is 10.7. The maximum Gasteiger partial charge on any atom is 0.268 e. The summed E-state index contributed by atoms with van der Waals surface area (Å²) in [7, 11) is 0. The maximum absolute atomic E-state index is 12.7. The van der Waals surface area contributed by atoms with E-state index in [1.807, 2.05) is 6.07 Å². The summed E-state index contributed by atoms with van der Waals surface area (Å²) >= 11 is 0. The Hall–Kier alpha value is -2.97. The van der Waals surface area contributed by atoms with Gasteiger partial charge < -0.3 is 20.5 Å². The predicted octanol–water partition coefficient (Wildman–Crippen LogP) is 1.48. The Morgan fingerprint density at radius 2 is 2.13 bits per heavy atom. The SMILES string of the molecule is C[C@H](NC(=O)c1cnc2c(c1)NC(=O)C1(CC1)O2)[C@H](O)CN1CCc2ccccc2C1. The van der Waals surface area contributed by atoms with Gasteiger partial charge in [0.05, 0.1) is 17.7 Å². The van der Waals surface area contributed by atoms with Crippen molar-refractivity contribution in [2.45, 2.75) is 50.5 Å². The Bertz CT molecular complexity index is 1040.